The van der Waals surface area contributed by atoms with Crippen molar-refractivity contribution in [3.05, 3.63) is 101 Å². The fourth-order valence-electron chi connectivity index (χ4n) is 4.05. The summed E-state index contributed by atoms with van der Waals surface area (Å²) < 4.78 is 6.02. The molecule has 1 N–H and O–H groups in total. The Morgan fingerprint density at radius 2 is 1.77 bits per heavy atom. The largest absolute Gasteiger partial charge is 0.449 e. The maximum atomic E-state index is 13.5. The molecule has 0 fully saturated rings. The highest BCUT2D eigenvalue weighted by molar-refractivity contribution is 6.12. The van der Waals surface area contributed by atoms with Gasteiger partial charge in [-0.2, -0.15) is 0 Å². The molecule has 180 valence electrons. The highest BCUT2D eigenvalue weighted by Crippen LogP contribution is 2.39. The molecule has 35 heavy (non-hydrogen) atoms. The summed E-state index contributed by atoms with van der Waals surface area (Å²) in [5.41, 5.74) is 4.78. The van der Waals surface area contributed by atoms with Gasteiger partial charge in [0.15, 0.2) is 11.5 Å². The number of rotatable bonds is 6. The van der Waals surface area contributed by atoms with E-state index in [1.54, 1.807) is 6.08 Å². The molecule has 0 radical (unpaired) electrons. The molecule has 0 bridgehead atoms. The van der Waals surface area contributed by atoms with Crippen LogP contribution in [0.2, 0.25) is 0 Å². The van der Waals surface area contributed by atoms with Crippen LogP contribution in [0.15, 0.2) is 78.6 Å². The zero-order valence-electron chi connectivity index (χ0n) is 20.8. The van der Waals surface area contributed by atoms with Crippen LogP contribution in [0, 0.1) is 6.92 Å². The van der Waals surface area contributed by atoms with E-state index in [-0.39, 0.29) is 29.5 Å². The lowest BCUT2D eigenvalue weighted by Crippen LogP contribution is -2.44. The van der Waals surface area contributed by atoms with Crippen molar-refractivity contribution in [2.45, 2.75) is 39.5 Å². The van der Waals surface area contributed by atoms with Crippen LogP contribution in [0.5, 0.6) is 5.75 Å². The van der Waals surface area contributed by atoms with Crippen molar-refractivity contribution >= 4 is 23.6 Å². The van der Waals surface area contributed by atoms with Crippen LogP contribution in [0.4, 0.5) is 5.69 Å². The Morgan fingerprint density at radius 3 is 2.49 bits per heavy atom. The molecule has 1 aliphatic rings. The Kier molecular flexibility index (Phi) is 7.06. The van der Waals surface area contributed by atoms with Gasteiger partial charge in [-0.25, -0.2) is 0 Å². The Labute approximate surface area is 207 Å². The number of benzene rings is 3. The zero-order valence-corrected chi connectivity index (χ0v) is 20.8. The molecular weight excluding hydrogens is 436 g/mol. The van der Waals surface area contributed by atoms with Gasteiger partial charge in [0.1, 0.15) is 6.54 Å². The maximum Gasteiger partial charge on any atom is 0.294 e. The fraction of sp³-hybridized carbons (Fsp3) is 0.267. The van der Waals surface area contributed by atoms with E-state index < -0.39 is 0 Å². The zero-order chi connectivity index (χ0) is 25.0. The minimum Gasteiger partial charge on any atom is -0.449 e. The van der Waals surface area contributed by atoms with E-state index in [1.807, 2.05) is 54.6 Å². The first-order chi connectivity index (χ1) is 16.7. The molecule has 0 aromatic heterocycles. The van der Waals surface area contributed by atoms with Gasteiger partial charge in [0, 0.05) is 6.54 Å². The predicted molar refractivity (Wildman–Crippen MR) is 140 cm³/mol. The van der Waals surface area contributed by atoms with Crippen molar-refractivity contribution in [2.24, 2.45) is 0 Å². The van der Waals surface area contributed by atoms with Crippen molar-refractivity contribution in [1.29, 1.82) is 0 Å². The third-order valence-corrected chi connectivity index (χ3v) is 6.01. The Morgan fingerprint density at radius 1 is 1.00 bits per heavy atom. The lowest BCUT2D eigenvalue weighted by Gasteiger charge is -2.32. The molecule has 3 aromatic rings. The number of carbonyl (C=O) groups is 2. The molecule has 0 spiro atoms. The van der Waals surface area contributed by atoms with Gasteiger partial charge in [-0.05, 0) is 53.7 Å². The third kappa shape index (κ3) is 5.99. The van der Waals surface area contributed by atoms with Crippen molar-refractivity contribution in [2.75, 3.05) is 18.0 Å². The number of carbonyl (C=O) groups excluding carboxylic acids is 2. The lowest BCUT2D eigenvalue weighted by atomic mass is 9.86. The quantitative estimate of drug-likeness (QED) is 0.492. The summed E-state index contributed by atoms with van der Waals surface area (Å²) in [7, 11) is 0. The summed E-state index contributed by atoms with van der Waals surface area (Å²) >= 11 is 0. The van der Waals surface area contributed by atoms with Gasteiger partial charge in [-0.1, -0.05) is 87.0 Å². The average molecular weight is 469 g/mol. The smallest absolute Gasteiger partial charge is 0.294 e. The number of anilines is 1. The molecule has 0 atom stereocenters. The molecule has 3 aromatic carbocycles. The number of ether oxygens (including phenoxy) is 1. The second-order valence-electron chi connectivity index (χ2n) is 9.93. The average Bonchev–Trinajstić information content (AvgIpc) is 2.81. The minimum absolute atomic E-state index is 0.0806. The Bertz CT molecular complexity index is 1260. The number of amides is 2. The predicted octanol–water partition coefficient (Wildman–Crippen LogP) is 5.42. The maximum absolute atomic E-state index is 13.5. The molecule has 5 heteroatoms. The monoisotopic (exact) mass is 468 g/mol. The molecule has 0 saturated heterocycles. The Balaban J connectivity index is 1.57. The first-order valence-corrected chi connectivity index (χ1v) is 11.9. The van der Waals surface area contributed by atoms with Crippen LogP contribution < -0.4 is 15.0 Å². The number of hydrogen-bond donors (Lipinski definition) is 1. The number of nitrogens with one attached hydrogen (secondary N) is 1. The van der Waals surface area contributed by atoms with Crippen molar-refractivity contribution in [3.63, 3.8) is 0 Å². The molecule has 5 nitrogen and oxygen atoms in total. The first kappa shape index (κ1) is 24.3. The molecule has 4 rings (SSSR count). The van der Waals surface area contributed by atoms with E-state index in [0.717, 1.165) is 17.5 Å². The summed E-state index contributed by atoms with van der Waals surface area (Å²) in [6.45, 7) is 8.82. The van der Waals surface area contributed by atoms with Gasteiger partial charge >= 0.3 is 0 Å². The normalized spacial score (nSPS) is 14.5. The standard InChI is InChI=1S/C30H32N2O3/c1-21-9-8-12-23(17-21)15-16-31-28(33)20-32-25-19-24(30(2,3)4)13-14-26(25)35-27(29(32)34)18-22-10-6-5-7-11-22/h5-14,17-19H,15-16,20H2,1-4H3,(H,31,33). The van der Waals surface area contributed by atoms with E-state index in [1.165, 1.54) is 16.0 Å². The van der Waals surface area contributed by atoms with E-state index in [4.69, 9.17) is 4.74 Å². The molecular formula is C30H32N2O3. The van der Waals surface area contributed by atoms with E-state index in [0.29, 0.717) is 18.0 Å². The molecule has 2 amide bonds. The number of hydrogen-bond acceptors (Lipinski definition) is 3. The van der Waals surface area contributed by atoms with Gasteiger partial charge in [0.2, 0.25) is 5.91 Å². The second-order valence-corrected chi connectivity index (χ2v) is 9.93. The van der Waals surface area contributed by atoms with Gasteiger partial charge in [-0.3, -0.25) is 14.5 Å². The number of aryl methyl sites for hydroxylation is 1. The van der Waals surface area contributed by atoms with Gasteiger partial charge < -0.3 is 10.1 Å². The van der Waals surface area contributed by atoms with Crippen LogP contribution in [-0.4, -0.2) is 24.9 Å². The first-order valence-electron chi connectivity index (χ1n) is 11.9. The molecule has 1 heterocycles. The topological polar surface area (TPSA) is 58.6 Å². The van der Waals surface area contributed by atoms with E-state index >= 15 is 0 Å². The third-order valence-electron chi connectivity index (χ3n) is 6.01. The van der Waals surface area contributed by atoms with Crippen LogP contribution in [0.1, 0.15) is 43.0 Å². The fourth-order valence-corrected chi connectivity index (χ4v) is 4.05. The summed E-state index contributed by atoms with van der Waals surface area (Å²) in [6.07, 6.45) is 2.44. The van der Waals surface area contributed by atoms with Crippen molar-refractivity contribution in [1.82, 2.24) is 5.32 Å². The van der Waals surface area contributed by atoms with Crippen LogP contribution in [-0.2, 0) is 21.4 Å². The van der Waals surface area contributed by atoms with E-state index in [9.17, 15) is 9.59 Å². The minimum atomic E-state index is -0.332. The van der Waals surface area contributed by atoms with Crippen LogP contribution in [0.25, 0.3) is 6.08 Å². The number of fused-ring (bicyclic) bond motifs is 1. The van der Waals surface area contributed by atoms with Crippen molar-refractivity contribution < 1.29 is 14.3 Å². The van der Waals surface area contributed by atoms with Crippen molar-refractivity contribution in [3.8, 4) is 5.75 Å². The summed E-state index contributed by atoms with van der Waals surface area (Å²) in [5.74, 6) is 0.215. The SMILES string of the molecule is Cc1cccc(CCNC(=O)CN2C(=O)C(=Cc3ccccc3)Oc3ccc(C(C)(C)C)cc32)c1. The molecule has 0 saturated carbocycles. The van der Waals surface area contributed by atoms with Gasteiger partial charge in [0.25, 0.3) is 5.91 Å². The molecule has 1 aliphatic heterocycles. The summed E-state index contributed by atoms with van der Waals surface area (Å²) in [5, 5.41) is 2.97. The summed E-state index contributed by atoms with van der Waals surface area (Å²) in [4.78, 5) is 27.9. The Hall–Kier alpha value is -3.86. The lowest BCUT2D eigenvalue weighted by molar-refractivity contribution is -0.123. The molecule has 0 unspecified atom stereocenters. The highest BCUT2D eigenvalue weighted by atomic mass is 16.5. The highest BCUT2D eigenvalue weighted by Gasteiger charge is 2.33. The summed E-state index contributed by atoms with van der Waals surface area (Å²) in [6, 6.07) is 23.6. The van der Waals surface area contributed by atoms with Crippen LogP contribution in [0.3, 0.4) is 0 Å². The number of nitrogens with zero attached hydrogens (tertiary/aromatic N) is 1. The molecule has 0 aliphatic carbocycles. The van der Waals surface area contributed by atoms with Crippen LogP contribution >= 0.6 is 0 Å². The second kappa shape index (κ2) is 10.2. The van der Waals surface area contributed by atoms with Gasteiger partial charge in [-0.15, -0.1) is 0 Å². The van der Waals surface area contributed by atoms with E-state index in [2.05, 4.69) is 51.2 Å². The van der Waals surface area contributed by atoms with Gasteiger partial charge in [0.05, 0.1) is 5.69 Å².